The van der Waals surface area contributed by atoms with Gasteiger partial charge in [0.15, 0.2) is 0 Å². The van der Waals surface area contributed by atoms with Crippen LogP contribution in [0.3, 0.4) is 0 Å². The maximum atomic E-state index is 13.6. The summed E-state index contributed by atoms with van der Waals surface area (Å²) in [6.07, 6.45) is 1.14. The van der Waals surface area contributed by atoms with Gasteiger partial charge in [-0.2, -0.15) is 9.78 Å². The summed E-state index contributed by atoms with van der Waals surface area (Å²) in [5.41, 5.74) is 0.676. The number of carbonyl (C=O) groups is 2. The molecule has 1 aliphatic rings. The Morgan fingerprint density at radius 1 is 1.08 bits per heavy atom. The maximum absolute atomic E-state index is 13.6. The summed E-state index contributed by atoms with van der Waals surface area (Å²) >= 11 is 0. The largest absolute Gasteiger partial charge is 0.466 e. The smallest absolute Gasteiger partial charge is 0.352 e. The molecule has 0 spiro atoms. The van der Waals surface area contributed by atoms with Crippen LogP contribution in [0.15, 0.2) is 52.1 Å². The first-order valence-electron chi connectivity index (χ1n) is 12.2. The van der Waals surface area contributed by atoms with E-state index in [9.17, 15) is 23.6 Å². The molecule has 1 fully saturated rings. The minimum Gasteiger partial charge on any atom is -0.466 e. The summed E-state index contributed by atoms with van der Waals surface area (Å²) in [6.45, 7) is 5.96. The molecule has 1 unspecified atom stereocenters. The number of rotatable bonds is 6. The van der Waals surface area contributed by atoms with Crippen LogP contribution < -0.4 is 11.2 Å². The average Bonchev–Trinajstić information content (AvgIpc) is 2.87. The molecule has 1 aromatic heterocycles. The molecule has 1 atom stereocenters. The van der Waals surface area contributed by atoms with Crippen LogP contribution in [0.25, 0.3) is 5.69 Å². The van der Waals surface area contributed by atoms with Gasteiger partial charge in [-0.1, -0.05) is 18.2 Å². The molecule has 0 radical (unpaired) electrons. The lowest BCUT2D eigenvalue weighted by molar-refractivity contribution is -0.149. The van der Waals surface area contributed by atoms with Gasteiger partial charge in [-0.15, -0.1) is 0 Å². The van der Waals surface area contributed by atoms with Gasteiger partial charge in [-0.3, -0.25) is 19.0 Å². The number of piperidine rings is 1. The fraction of sp³-hybridized carbons (Fsp3) is 0.370. The van der Waals surface area contributed by atoms with Crippen LogP contribution in [-0.4, -0.2) is 50.8 Å². The number of carbonyl (C=O) groups excluding carboxylic acids is 2. The van der Waals surface area contributed by atoms with Crippen LogP contribution in [0.5, 0.6) is 0 Å². The number of amides is 1. The molecule has 1 saturated heterocycles. The van der Waals surface area contributed by atoms with Gasteiger partial charge in [-0.25, -0.2) is 9.18 Å². The van der Waals surface area contributed by atoms with E-state index in [1.165, 1.54) is 29.2 Å². The molecule has 2 heterocycles. The van der Waals surface area contributed by atoms with E-state index in [-0.39, 0.29) is 25.7 Å². The zero-order valence-electron chi connectivity index (χ0n) is 21.1. The molecule has 0 N–H and O–H groups in total. The number of benzene rings is 2. The molecule has 1 aliphatic heterocycles. The molecule has 0 bridgehead atoms. The molecular weight excluding hydrogens is 479 g/mol. The monoisotopic (exact) mass is 508 g/mol. The average molecular weight is 509 g/mol. The van der Waals surface area contributed by atoms with E-state index < -0.39 is 34.6 Å². The van der Waals surface area contributed by atoms with E-state index in [0.29, 0.717) is 30.6 Å². The number of hydrogen-bond acceptors (Lipinski definition) is 6. The highest BCUT2D eigenvalue weighted by Gasteiger charge is 2.32. The number of aromatic nitrogens is 3. The number of aryl methyl sites for hydroxylation is 2. The van der Waals surface area contributed by atoms with Crippen molar-refractivity contribution >= 4 is 11.9 Å². The number of ether oxygens (including phenoxy) is 1. The van der Waals surface area contributed by atoms with E-state index in [1.807, 2.05) is 19.9 Å². The minimum absolute atomic E-state index is 0.0967. The van der Waals surface area contributed by atoms with Crippen LogP contribution in [0.1, 0.15) is 46.9 Å². The van der Waals surface area contributed by atoms with Crippen molar-refractivity contribution in [1.82, 2.24) is 19.2 Å². The summed E-state index contributed by atoms with van der Waals surface area (Å²) in [6, 6.07) is 10.8. The SMILES string of the molecule is CCOC(=O)C1CCCN(C(=O)c2nn(-c3cc(C)cc(C)c3)c(=O)n(Cc3ccc(F)cc3)c2=O)C1. The number of nitrogens with zero attached hydrogens (tertiary/aromatic N) is 4. The van der Waals surface area contributed by atoms with Crippen molar-refractivity contribution in [1.29, 1.82) is 0 Å². The normalized spacial score (nSPS) is 15.5. The van der Waals surface area contributed by atoms with Gasteiger partial charge < -0.3 is 9.64 Å². The Hall–Kier alpha value is -4.08. The Bertz CT molecular complexity index is 1420. The highest BCUT2D eigenvalue weighted by atomic mass is 19.1. The molecule has 10 heteroatoms. The topological polar surface area (TPSA) is 104 Å². The van der Waals surface area contributed by atoms with Gasteiger partial charge in [0.25, 0.3) is 11.5 Å². The first-order valence-corrected chi connectivity index (χ1v) is 12.2. The number of hydrogen-bond donors (Lipinski definition) is 0. The van der Waals surface area contributed by atoms with Gasteiger partial charge in [0.1, 0.15) is 5.82 Å². The maximum Gasteiger partial charge on any atom is 0.352 e. The highest BCUT2D eigenvalue weighted by Crippen LogP contribution is 2.19. The zero-order valence-corrected chi connectivity index (χ0v) is 21.1. The van der Waals surface area contributed by atoms with Crippen LogP contribution in [0.2, 0.25) is 0 Å². The van der Waals surface area contributed by atoms with Crippen LogP contribution in [-0.2, 0) is 16.1 Å². The number of esters is 1. The Labute approximate surface area is 213 Å². The van der Waals surface area contributed by atoms with Crippen molar-refractivity contribution in [2.24, 2.45) is 5.92 Å². The van der Waals surface area contributed by atoms with Gasteiger partial charge >= 0.3 is 11.7 Å². The molecule has 3 aromatic rings. The van der Waals surface area contributed by atoms with Crippen molar-refractivity contribution < 1.29 is 18.7 Å². The number of halogens is 1. The lowest BCUT2D eigenvalue weighted by Crippen LogP contribution is -2.49. The highest BCUT2D eigenvalue weighted by molar-refractivity contribution is 5.92. The van der Waals surface area contributed by atoms with Crippen molar-refractivity contribution in [3.63, 3.8) is 0 Å². The fourth-order valence-corrected chi connectivity index (χ4v) is 4.57. The minimum atomic E-state index is -0.849. The standard InChI is InChI=1S/C27H29FN4O5/c1-4-37-26(35)20-6-5-11-30(16-20)24(33)23-25(34)31(15-19-7-9-21(28)10-8-19)27(36)32(29-23)22-13-17(2)12-18(3)14-22/h7-10,12-14,20H,4-6,11,15-16H2,1-3H3. The quantitative estimate of drug-likeness (QED) is 0.474. The predicted octanol–water partition coefficient (Wildman–Crippen LogP) is 2.61. The summed E-state index contributed by atoms with van der Waals surface area (Å²) in [4.78, 5) is 54.2. The molecular formula is C27H29FN4O5. The Morgan fingerprint density at radius 3 is 2.41 bits per heavy atom. The molecule has 0 saturated carbocycles. The third-order valence-corrected chi connectivity index (χ3v) is 6.30. The summed E-state index contributed by atoms with van der Waals surface area (Å²) < 4.78 is 20.5. The van der Waals surface area contributed by atoms with Crippen LogP contribution in [0.4, 0.5) is 4.39 Å². The third kappa shape index (κ3) is 5.68. The number of likely N-dealkylation sites (tertiary alicyclic amines) is 1. The van der Waals surface area contributed by atoms with Crippen molar-refractivity contribution in [2.45, 2.75) is 40.2 Å². The third-order valence-electron chi connectivity index (χ3n) is 6.30. The van der Waals surface area contributed by atoms with Crippen molar-refractivity contribution in [3.8, 4) is 5.69 Å². The van der Waals surface area contributed by atoms with Gasteiger partial charge in [0.05, 0.1) is 24.8 Å². The van der Waals surface area contributed by atoms with Crippen molar-refractivity contribution in [3.05, 3.63) is 91.5 Å². The van der Waals surface area contributed by atoms with E-state index >= 15 is 0 Å². The molecule has 4 rings (SSSR count). The van der Waals surface area contributed by atoms with E-state index in [4.69, 9.17) is 4.74 Å². The van der Waals surface area contributed by atoms with E-state index in [1.54, 1.807) is 19.1 Å². The summed E-state index contributed by atoms with van der Waals surface area (Å²) in [5, 5.41) is 4.23. The van der Waals surface area contributed by atoms with Crippen molar-refractivity contribution in [2.75, 3.05) is 19.7 Å². The van der Waals surface area contributed by atoms with Gasteiger partial charge in [-0.05, 0) is 74.6 Å². The summed E-state index contributed by atoms with van der Waals surface area (Å²) in [5.74, 6) is -1.99. The lowest BCUT2D eigenvalue weighted by atomic mass is 9.98. The Balaban J connectivity index is 1.81. The second kappa shape index (κ2) is 10.9. The fourth-order valence-electron chi connectivity index (χ4n) is 4.57. The molecule has 2 aromatic carbocycles. The molecule has 194 valence electrons. The lowest BCUT2D eigenvalue weighted by Gasteiger charge is -2.31. The van der Waals surface area contributed by atoms with Crippen LogP contribution >= 0.6 is 0 Å². The Kier molecular flexibility index (Phi) is 7.66. The molecule has 9 nitrogen and oxygen atoms in total. The van der Waals surface area contributed by atoms with Crippen LogP contribution in [0, 0.1) is 25.6 Å². The second-order valence-electron chi connectivity index (χ2n) is 9.25. The summed E-state index contributed by atoms with van der Waals surface area (Å²) in [7, 11) is 0. The Morgan fingerprint density at radius 2 is 1.76 bits per heavy atom. The van der Waals surface area contributed by atoms with E-state index in [2.05, 4.69) is 5.10 Å². The first-order chi connectivity index (χ1) is 17.7. The predicted molar refractivity (Wildman–Crippen MR) is 134 cm³/mol. The second-order valence-corrected chi connectivity index (χ2v) is 9.25. The van der Waals surface area contributed by atoms with E-state index in [0.717, 1.165) is 20.4 Å². The molecule has 37 heavy (non-hydrogen) atoms. The zero-order chi connectivity index (χ0) is 26.7. The van der Waals surface area contributed by atoms with Gasteiger partial charge in [0, 0.05) is 13.1 Å². The molecule has 1 amide bonds. The van der Waals surface area contributed by atoms with Gasteiger partial charge in [0.2, 0.25) is 5.69 Å². The first kappa shape index (κ1) is 26.0. The molecule has 0 aliphatic carbocycles.